The number of aryl methyl sites for hydroxylation is 1. The molecule has 0 spiro atoms. The summed E-state index contributed by atoms with van der Waals surface area (Å²) in [5, 5.41) is 23.5. The fourth-order valence-corrected chi connectivity index (χ4v) is 4.33. The van der Waals surface area contributed by atoms with Gasteiger partial charge in [0.15, 0.2) is 11.6 Å². The van der Waals surface area contributed by atoms with Crippen molar-refractivity contribution >= 4 is 11.6 Å². The van der Waals surface area contributed by atoms with Gasteiger partial charge >= 0.3 is 6.18 Å². The molecule has 4 aromatic rings. The van der Waals surface area contributed by atoms with E-state index in [1.807, 2.05) is 20.8 Å². The molecule has 0 N–H and O–H groups in total. The van der Waals surface area contributed by atoms with Gasteiger partial charge in [-0.2, -0.15) is 23.5 Å². The average molecular weight is 550 g/mol. The summed E-state index contributed by atoms with van der Waals surface area (Å²) in [5.74, 6) is -1.89. The Bertz CT molecular complexity index is 1610. The molecule has 206 valence electrons. The molecule has 0 fully saturated rings. The maximum Gasteiger partial charge on any atom is 0.453 e. The molecule has 0 amide bonds. The number of rotatable bonds is 8. The second kappa shape index (κ2) is 10.8. The first kappa shape index (κ1) is 28.4. The van der Waals surface area contributed by atoms with Crippen molar-refractivity contribution in [1.82, 2.24) is 30.0 Å². The Labute approximate surface area is 228 Å². The van der Waals surface area contributed by atoms with Gasteiger partial charge in [-0.05, 0) is 64.2 Å². The van der Waals surface area contributed by atoms with E-state index in [0.29, 0.717) is 32.6 Å². The van der Waals surface area contributed by atoms with E-state index in [4.69, 9.17) is 0 Å². The van der Waals surface area contributed by atoms with E-state index in [2.05, 4.69) is 26.7 Å². The van der Waals surface area contributed by atoms with Crippen molar-refractivity contribution in [3.8, 4) is 11.8 Å². The minimum atomic E-state index is -4.77. The summed E-state index contributed by atoms with van der Waals surface area (Å²) in [6.07, 6.45) is -4.74. The summed E-state index contributed by atoms with van der Waals surface area (Å²) < 4.78 is 41.9. The number of Topliss-reactive ketones (excluding diaryl/α,β-unsaturated/α-hetero) is 2. The first-order valence-corrected chi connectivity index (χ1v) is 12.3. The van der Waals surface area contributed by atoms with Crippen molar-refractivity contribution in [2.24, 2.45) is 5.41 Å². The van der Waals surface area contributed by atoms with E-state index in [1.165, 1.54) is 16.8 Å². The number of aromatic nitrogens is 6. The highest BCUT2D eigenvalue weighted by Gasteiger charge is 2.38. The van der Waals surface area contributed by atoms with E-state index < -0.39 is 24.3 Å². The quantitative estimate of drug-likeness (QED) is 0.279. The lowest BCUT2D eigenvalue weighted by Gasteiger charge is -2.19. The molecule has 2 aromatic carbocycles. The zero-order valence-electron chi connectivity index (χ0n) is 22.3. The van der Waals surface area contributed by atoms with E-state index in [9.17, 15) is 28.0 Å². The minimum Gasteiger partial charge on any atom is -0.294 e. The highest BCUT2D eigenvalue weighted by atomic mass is 19.4. The average Bonchev–Trinajstić information content (AvgIpc) is 3.52. The first-order chi connectivity index (χ1) is 18.8. The van der Waals surface area contributed by atoms with Gasteiger partial charge in [-0.3, -0.25) is 9.59 Å². The number of benzene rings is 2. The lowest BCUT2D eigenvalue weighted by Crippen LogP contribution is -2.18. The third-order valence-corrected chi connectivity index (χ3v) is 6.07. The van der Waals surface area contributed by atoms with Gasteiger partial charge in [0.05, 0.1) is 29.6 Å². The van der Waals surface area contributed by atoms with Crippen LogP contribution in [0, 0.1) is 23.7 Å². The van der Waals surface area contributed by atoms with Gasteiger partial charge < -0.3 is 0 Å². The third-order valence-electron chi connectivity index (χ3n) is 6.07. The molecule has 12 heteroatoms. The Hall–Kier alpha value is -4.66. The molecular formula is C28H26F3N7O2. The van der Waals surface area contributed by atoms with Crippen LogP contribution in [0.2, 0.25) is 0 Å². The maximum atomic E-state index is 13.8. The van der Waals surface area contributed by atoms with Crippen LogP contribution in [0.25, 0.3) is 5.69 Å². The number of alkyl halides is 3. The number of nitriles is 1. The Morgan fingerprint density at radius 1 is 1.02 bits per heavy atom. The number of ketones is 2. The van der Waals surface area contributed by atoms with Gasteiger partial charge in [-0.1, -0.05) is 39.0 Å². The summed E-state index contributed by atoms with van der Waals surface area (Å²) in [5.41, 5.74) is 2.15. The molecule has 0 unspecified atom stereocenters. The molecule has 0 atom stereocenters. The largest absolute Gasteiger partial charge is 0.453 e. The zero-order chi connectivity index (χ0) is 29.2. The van der Waals surface area contributed by atoms with Crippen molar-refractivity contribution in [2.45, 2.75) is 53.3 Å². The van der Waals surface area contributed by atoms with Crippen molar-refractivity contribution in [2.75, 3.05) is 0 Å². The second-order valence-electron chi connectivity index (χ2n) is 10.6. The predicted octanol–water partition coefficient (Wildman–Crippen LogP) is 5.15. The van der Waals surface area contributed by atoms with Gasteiger partial charge in [-0.15, -0.1) is 5.10 Å². The van der Waals surface area contributed by atoms with E-state index in [1.54, 1.807) is 43.3 Å². The second-order valence-corrected chi connectivity index (χ2v) is 10.6. The van der Waals surface area contributed by atoms with Crippen molar-refractivity contribution in [3.63, 3.8) is 0 Å². The highest BCUT2D eigenvalue weighted by molar-refractivity contribution is 6.02. The highest BCUT2D eigenvalue weighted by Crippen LogP contribution is 2.28. The van der Waals surface area contributed by atoms with E-state index >= 15 is 0 Å². The lowest BCUT2D eigenvalue weighted by atomic mass is 9.84. The topological polar surface area (TPSA) is 119 Å². The van der Waals surface area contributed by atoms with Crippen LogP contribution in [0.15, 0.2) is 48.5 Å². The summed E-state index contributed by atoms with van der Waals surface area (Å²) in [6.45, 7) is 7.07. The van der Waals surface area contributed by atoms with Crippen LogP contribution in [0.1, 0.15) is 76.2 Å². The van der Waals surface area contributed by atoms with Gasteiger partial charge in [0.1, 0.15) is 5.69 Å². The number of carbonyl (C=O) groups is 2. The van der Waals surface area contributed by atoms with Gasteiger partial charge in [0.25, 0.3) is 5.82 Å². The molecule has 0 aliphatic heterocycles. The van der Waals surface area contributed by atoms with Gasteiger partial charge in [0, 0.05) is 18.4 Å². The Morgan fingerprint density at radius 2 is 1.73 bits per heavy atom. The summed E-state index contributed by atoms with van der Waals surface area (Å²) in [7, 11) is 0. The summed E-state index contributed by atoms with van der Waals surface area (Å²) >= 11 is 0. The lowest BCUT2D eigenvalue weighted by molar-refractivity contribution is -0.147. The van der Waals surface area contributed by atoms with Crippen molar-refractivity contribution < 1.29 is 22.8 Å². The molecule has 0 aliphatic rings. The molecule has 0 bridgehead atoms. The maximum absolute atomic E-state index is 13.8. The first-order valence-electron chi connectivity index (χ1n) is 12.3. The van der Waals surface area contributed by atoms with E-state index in [-0.39, 0.29) is 35.4 Å². The standard InChI is InChI=1S/C28H26F3N7O2/c1-17-10-18(15-32)11-22(25(40)14-27(2,3)4)21(17)13-24(39)23-12-19(34-38(23)20-8-6-5-7-9-20)16-37-26(28(29,30)31)33-35-36-37/h5-12H,13-14,16H2,1-4H3. The SMILES string of the molecule is Cc1cc(C#N)cc(C(=O)CC(C)(C)C)c1CC(=O)c1cc(Cn2nnnc2C(F)(F)F)nn1-c1ccccc1. The van der Waals surface area contributed by atoms with Crippen LogP contribution in [-0.2, 0) is 19.1 Å². The van der Waals surface area contributed by atoms with Crippen LogP contribution < -0.4 is 0 Å². The van der Waals surface area contributed by atoms with Crippen LogP contribution in [-0.4, -0.2) is 41.6 Å². The van der Waals surface area contributed by atoms with Crippen LogP contribution in [0.5, 0.6) is 0 Å². The van der Waals surface area contributed by atoms with Crippen LogP contribution in [0.3, 0.4) is 0 Å². The molecule has 0 saturated heterocycles. The number of tetrazole rings is 1. The predicted molar refractivity (Wildman–Crippen MR) is 138 cm³/mol. The fourth-order valence-electron chi connectivity index (χ4n) is 4.33. The zero-order valence-corrected chi connectivity index (χ0v) is 22.3. The number of nitrogens with zero attached hydrogens (tertiary/aromatic N) is 7. The smallest absolute Gasteiger partial charge is 0.294 e. The number of halogens is 3. The molecule has 2 aromatic heterocycles. The fraction of sp³-hybridized carbons (Fsp3) is 0.321. The Balaban J connectivity index is 1.76. The third kappa shape index (κ3) is 6.31. The van der Waals surface area contributed by atoms with E-state index in [0.717, 1.165) is 0 Å². The Kier molecular flexibility index (Phi) is 7.68. The monoisotopic (exact) mass is 549 g/mol. The normalized spacial score (nSPS) is 11.8. The van der Waals surface area contributed by atoms with Crippen molar-refractivity contribution in [3.05, 3.63) is 88.0 Å². The molecule has 0 radical (unpaired) electrons. The molecule has 0 saturated carbocycles. The van der Waals surface area contributed by atoms with Gasteiger partial charge in [-0.25, -0.2) is 9.36 Å². The number of para-hydroxylation sites is 1. The summed E-state index contributed by atoms with van der Waals surface area (Å²) in [4.78, 5) is 27.0. The number of hydrogen-bond acceptors (Lipinski definition) is 7. The Morgan fingerprint density at radius 3 is 2.35 bits per heavy atom. The molecule has 2 heterocycles. The van der Waals surface area contributed by atoms with Crippen molar-refractivity contribution in [1.29, 1.82) is 5.26 Å². The summed E-state index contributed by atoms with van der Waals surface area (Å²) in [6, 6.07) is 15.2. The number of carbonyl (C=O) groups excluding carboxylic acids is 2. The molecule has 0 aliphatic carbocycles. The van der Waals surface area contributed by atoms with Crippen LogP contribution in [0.4, 0.5) is 13.2 Å². The van der Waals surface area contributed by atoms with Gasteiger partial charge in [0.2, 0.25) is 0 Å². The number of hydrogen-bond donors (Lipinski definition) is 0. The van der Waals surface area contributed by atoms with Crippen LogP contribution >= 0.6 is 0 Å². The molecular weight excluding hydrogens is 523 g/mol. The minimum absolute atomic E-state index is 0.112. The molecule has 40 heavy (non-hydrogen) atoms. The molecule has 9 nitrogen and oxygen atoms in total. The molecule has 4 rings (SSSR count).